The van der Waals surface area contributed by atoms with Crippen LogP contribution in [0.3, 0.4) is 0 Å². The van der Waals surface area contributed by atoms with Gasteiger partial charge in [-0.2, -0.15) is 0 Å². The molecule has 0 fully saturated rings. The summed E-state index contributed by atoms with van der Waals surface area (Å²) in [7, 11) is 2.34. The highest BCUT2D eigenvalue weighted by Crippen LogP contribution is 2.14. The van der Waals surface area contributed by atoms with Gasteiger partial charge in [-0.3, -0.25) is 4.57 Å². The lowest BCUT2D eigenvalue weighted by molar-refractivity contribution is 0.0556. The molecule has 0 aliphatic carbocycles. The van der Waals surface area contributed by atoms with Crippen molar-refractivity contribution in [3.8, 4) is 0 Å². The summed E-state index contributed by atoms with van der Waals surface area (Å²) in [6, 6.07) is 0. The standard InChI is InChI=1S/C11H13NO6/c1-4-18-11(15)12-5-7(9(13)16-2)8(6-12)10(14)17-3/h5-6H,4H2,1-3H3. The average molecular weight is 255 g/mol. The zero-order valence-electron chi connectivity index (χ0n) is 10.3. The van der Waals surface area contributed by atoms with E-state index in [0.717, 1.165) is 17.0 Å². The molecule has 0 aromatic carbocycles. The molecule has 98 valence electrons. The highest BCUT2D eigenvalue weighted by Gasteiger charge is 2.23. The summed E-state index contributed by atoms with van der Waals surface area (Å²) in [4.78, 5) is 34.4. The first-order chi connectivity index (χ1) is 8.54. The zero-order chi connectivity index (χ0) is 13.7. The summed E-state index contributed by atoms with van der Waals surface area (Å²) in [5.74, 6) is -1.48. The van der Waals surface area contributed by atoms with E-state index in [1.165, 1.54) is 14.2 Å². The molecule has 0 aliphatic heterocycles. The van der Waals surface area contributed by atoms with Crippen molar-refractivity contribution in [2.75, 3.05) is 20.8 Å². The molecule has 7 heteroatoms. The van der Waals surface area contributed by atoms with E-state index in [1.54, 1.807) is 6.92 Å². The Bertz CT molecular complexity index is 442. The van der Waals surface area contributed by atoms with Crippen LogP contribution in [0.1, 0.15) is 27.6 Å². The van der Waals surface area contributed by atoms with Gasteiger partial charge in [0.15, 0.2) is 0 Å². The quantitative estimate of drug-likeness (QED) is 0.593. The Balaban J connectivity index is 3.19. The molecule has 0 saturated heterocycles. The van der Waals surface area contributed by atoms with E-state index in [0.29, 0.717) is 0 Å². The van der Waals surface area contributed by atoms with Crippen molar-refractivity contribution in [3.05, 3.63) is 23.5 Å². The van der Waals surface area contributed by atoms with Crippen molar-refractivity contribution in [1.82, 2.24) is 4.57 Å². The van der Waals surface area contributed by atoms with Gasteiger partial charge in [0.1, 0.15) is 0 Å². The molecule has 0 amide bonds. The number of methoxy groups -OCH3 is 2. The van der Waals surface area contributed by atoms with Crippen molar-refractivity contribution in [3.63, 3.8) is 0 Å². The van der Waals surface area contributed by atoms with Gasteiger partial charge in [0.05, 0.1) is 32.0 Å². The van der Waals surface area contributed by atoms with Gasteiger partial charge in [-0.05, 0) is 6.92 Å². The zero-order valence-corrected chi connectivity index (χ0v) is 10.3. The lowest BCUT2D eigenvalue weighted by Crippen LogP contribution is -2.11. The monoisotopic (exact) mass is 255 g/mol. The average Bonchev–Trinajstić information content (AvgIpc) is 2.82. The van der Waals surface area contributed by atoms with E-state index >= 15 is 0 Å². The second kappa shape index (κ2) is 5.85. The maximum absolute atomic E-state index is 11.5. The van der Waals surface area contributed by atoms with Crippen LogP contribution >= 0.6 is 0 Å². The maximum atomic E-state index is 11.5. The Morgan fingerprint density at radius 1 is 1.06 bits per heavy atom. The number of ether oxygens (including phenoxy) is 3. The van der Waals surface area contributed by atoms with Gasteiger partial charge in [0.2, 0.25) is 0 Å². The van der Waals surface area contributed by atoms with Crippen LogP contribution in [0.2, 0.25) is 0 Å². The topological polar surface area (TPSA) is 83.8 Å². The Hall–Kier alpha value is -2.31. The summed E-state index contributed by atoms with van der Waals surface area (Å²) in [6.45, 7) is 1.82. The first-order valence-corrected chi connectivity index (χ1v) is 5.10. The van der Waals surface area contributed by atoms with Crippen LogP contribution < -0.4 is 0 Å². The number of carbonyl (C=O) groups is 3. The predicted molar refractivity (Wildman–Crippen MR) is 59.5 cm³/mol. The fraction of sp³-hybridized carbons (Fsp3) is 0.364. The van der Waals surface area contributed by atoms with Crippen LogP contribution in [-0.4, -0.2) is 43.4 Å². The predicted octanol–water partition coefficient (Wildman–Crippen LogP) is 1.07. The summed E-state index contributed by atoms with van der Waals surface area (Å²) < 4.78 is 14.8. The summed E-state index contributed by atoms with van der Waals surface area (Å²) in [5, 5.41) is 0. The van der Waals surface area contributed by atoms with Crippen molar-refractivity contribution in [2.24, 2.45) is 0 Å². The molecule has 0 bridgehead atoms. The van der Waals surface area contributed by atoms with Gasteiger partial charge in [-0.1, -0.05) is 0 Å². The van der Waals surface area contributed by atoms with Crippen molar-refractivity contribution >= 4 is 18.0 Å². The number of aromatic nitrogens is 1. The molecule has 0 spiro atoms. The first kappa shape index (κ1) is 13.8. The minimum atomic E-state index is -0.738. The van der Waals surface area contributed by atoms with E-state index in [9.17, 15) is 14.4 Å². The minimum Gasteiger partial charge on any atom is -0.465 e. The Morgan fingerprint density at radius 2 is 1.50 bits per heavy atom. The Labute approximate surface area is 103 Å². The molecule has 0 atom stereocenters. The largest absolute Gasteiger partial charge is 0.465 e. The van der Waals surface area contributed by atoms with Crippen LogP contribution in [0.15, 0.2) is 12.4 Å². The summed E-state index contributed by atoms with van der Waals surface area (Å²) in [6.07, 6.45) is 1.63. The lowest BCUT2D eigenvalue weighted by atomic mass is 10.2. The van der Waals surface area contributed by atoms with Crippen LogP contribution in [0.5, 0.6) is 0 Å². The molecule has 18 heavy (non-hydrogen) atoms. The highest BCUT2D eigenvalue weighted by molar-refractivity contribution is 6.03. The minimum absolute atomic E-state index is 0.0580. The molecule has 1 aromatic rings. The lowest BCUT2D eigenvalue weighted by Gasteiger charge is -2.00. The van der Waals surface area contributed by atoms with Gasteiger partial charge in [-0.25, -0.2) is 14.4 Å². The third-order valence-electron chi connectivity index (χ3n) is 2.12. The van der Waals surface area contributed by atoms with Crippen molar-refractivity contribution in [1.29, 1.82) is 0 Å². The molecule has 1 heterocycles. The van der Waals surface area contributed by atoms with Gasteiger partial charge >= 0.3 is 18.0 Å². The molecular weight excluding hydrogens is 242 g/mol. The van der Waals surface area contributed by atoms with Crippen LogP contribution in [0, 0.1) is 0 Å². The third kappa shape index (κ3) is 2.68. The third-order valence-corrected chi connectivity index (χ3v) is 2.12. The fourth-order valence-corrected chi connectivity index (χ4v) is 1.30. The molecule has 0 aliphatic rings. The number of nitrogens with zero attached hydrogens (tertiary/aromatic N) is 1. The smallest absolute Gasteiger partial charge is 0.417 e. The summed E-state index contributed by atoms with van der Waals surface area (Å²) in [5.41, 5.74) is -0.116. The second-order valence-corrected chi connectivity index (χ2v) is 3.17. The molecule has 0 N–H and O–H groups in total. The normalized spacial score (nSPS) is 9.72. The SMILES string of the molecule is CCOC(=O)n1cc(C(=O)OC)c(C(=O)OC)c1. The van der Waals surface area contributed by atoms with Gasteiger partial charge < -0.3 is 14.2 Å². The van der Waals surface area contributed by atoms with Crippen LogP contribution in [-0.2, 0) is 14.2 Å². The van der Waals surface area contributed by atoms with Crippen LogP contribution in [0.4, 0.5) is 4.79 Å². The van der Waals surface area contributed by atoms with E-state index in [4.69, 9.17) is 4.74 Å². The van der Waals surface area contributed by atoms with E-state index < -0.39 is 18.0 Å². The highest BCUT2D eigenvalue weighted by atomic mass is 16.5. The number of hydrogen-bond acceptors (Lipinski definition) is 6. The maximum Gasteiger partial charge on any atom is 0.417 e. The van der Waals surface area contributed by atoms with E-state index in [1.807, 2.05) is 0 Å². The molecule has 0 unspecified atom stereocenters. The molecule has 7 nitrogen and oxygen atoms in total. The number of rotatable bonds is 3. The van der Waals surface area contributed by atoms with Crippen LogP contribution in [0.25, 0.3) is 0 Å². The second-order valence-electron chi connectivity index (χ2n) is 3.17. The Kier molecular flexibility index (Phi) is 4.47. The van der Waals surface area contributed by atoms with E-state index in [2.05, 4.69) is 9.47 Å². The first-order valence-electron chi connectivity index (χ1n) is 5.10. The molecule has 0 radical (unpaired) electrons. The summed E-state index contributed by atoms with van der Waals surface area (Å²) >= 11 is 0. The molecule has 1 aromatic heterocycles. The molecule has 0 saturated carbocycles. The number of esters is 2. The molecule has 1 rings (SSSR count). The van der Waals surface area contributed by atoms with Crippen molar-refractivity contribution in [2.45, 2.75) is 6.92 Å². The fourth-order valence-electron chi connectivity index (χ4n) is 1.30. The Morgan fingerprint density at radius 3 is 1.83 bits per heavy atom. The number of carbonyl (C=O) groups excluding carboxylic acids is 3. The van der Waals surface area contributed by atoms with Gasteiger partial charge in [0, 0.05) is 12.4 Å². The van der Waals surface area contributed by atoms with Gasteiger partial charge in [0.25, 0.3) is 0 Å². The number of hydrogen-bond donors (Lipinski definition) is 0. The van der Waals surface area contributed by atoms with Crippen molar-refractivity contribution < 1.29 is 28.6 Å². The van der Waals surface area contributed by atoms with E-state index in [-0.39, 0.29) is 17.7 Å². The molecular formula is C11H13NO6. The van der Waals surface area contributed by atoms with Gasteiger partial charge in [-0.15, -0.1) is 0 Å².